The van der Waals surface area contributed by atoms with Crippen molar-refractivity contribution in [3.63, 3.8) is 0 Å². The van der Waals surface area contributed by atoms with Crippen LogP contribution < -0.4 is 15.4 Å². The van der Waals surface area contributed by atoms with Gasteiger partial charge in [-0.1, -0.05) is 30.3 Å². The number of hydrogen-bond acceptors (Lipinski definition) is 9. The highest BCUT2D eigenvalue weighted by atomic mass is 16.5. The smallest absolute Gasteiger partial charge is 0.355 e. The Morgan fingerprint density at radius 1 is 1.00 bits per heavy atom. The summed E-state index contributed by atoms with van der Waals surface area (Å²) in [5.74, 6) is -1.77. The van der Waals surface area contributed by atoms with Crippen molar-refractivity contribution in [3.05, 3.63) is 82.8 Å². The molecule has 2 aromatic carbocycles. The first-order chi connectivity index (χ1) is 18.5. The van der Waals surface area contributed by atoms with Crippen LogP contribution in [0.5, 0.6) is 5.75 Å². The van der Waals surface area contributed by atoms with Crippen LogP contribution in [0.25, 0.3) is 0 Å². The average molecular weight is 517 g/mol. The maximum Gasteiger partial charge on any atom is 0.355 e. The second-order valence-electron chi connectivity index (χ2n) is 9.08. The van der Waals surface area contributed by atoms with Crippen molar-refractivity contribution in [1.29, 1.82) is 5.26 Å². The zero-order chi connectivity index (χ0) is 27.1. The molecule has 2 aromatic rings. The number of methoxy groups -OCH3 is 2. The van der Waals surface area contributed by atoms with Crippen LogP contribution in [0, 0.1) is 11.3 Å². The molecule has 0 bridgehead atoms. The molecule has 4 rings (SSSR count). The number of allylic oxidation sites excluding steroid dienone is 1. The number of likely N-dealkylation sites (tertiary alicyclic amines) is 1. The van der Waals surface area contributed by atoms with Gasteiger partial charge in [0.25, 0.3) is 0 Å². The lowest BCUT2D eigenvalue weighted by molar-refractivity contribution is -0.139. The fourth-order valence-corrected chi connectivity index (χ4v) is 4.96. The molecule has 2 N–H and O–H groups in total. The minimum atomic E-state index is -0.905. The number of esters is 2. The molecule has 2 aliphatic rings. The minimum absolute atomic E-state index is 0.0219. The summed E-state index contributed by atoms with van der Waals surface area (Å²) >= 11 is 0. The molecule has 0 amide bonds. The molecule has 1 atom stereocenters. The summed E-state index contributed by atoms with van der Waals surface area (Å²) < 4.78 is 16.0. The Morgan fingerprint density at radius 3 is 2.26 bits per heavy atom. The molecular formula is C29H32N4O5. The van der Waals surface area contributed by atoms with Crippen molar-refractivity contribution in [1.82, 2.24) is 4.90 Å². The number of nitriles is 1. The Labute approximate surface area is 222 Å². The Kier molecular flexibility index (Phi) is 8.66. The quantitative estimate of drug-likeness (QED) is 0.395. The Hall–Kier alpha value is -4.29. The highest BCUT2D eigenvalue weighted by molar-refractivity contribution is 6.06. The van der Waals surface area contributed by atoms with Crippen LogP contribution in [0.2, 0.25) is 0 Å². The van der Waals surface area contributed by atoms with E-state index in [9.17, 15) is 14.9 Å². The van der Waals surface area contributed by atoms with Crippen molar-refractivity contribution < 1.29 is 23.8 Å². The van der Waals surface area contributed by atoms with E-state index in [2.05, 4.69) is 11.0 Å². The van der Waals surface area contributed by atoms with Crippen LogP contribution >= 0.6 is 0 Å². The lowest BCUT2D eigenvalue weighted by Crippen LogP contribution is -2.40. The van der Waals surface area contributed by atoms with Gasteiger partial charge in [0.05, 0.1) is 44.0 Å². The van der Waals surface area contributed by atoms with Gasteiger partial charge < -0.3 is 24.8 Å². The van der Waals surface area contributed by atoms with E-state index in [0.29, 0.717) is 23.6 Å². The first kappa shape index (κ1) is 26.8. The Bertz CT molecular complexity index is 1260. The lowest BCUT2D eigenvalue weighted by atomic mass is 9.81. The Balaban J connectivity index is 1.69. The molecule has 0 spiro atoms. The number of nitrogens with two attached hydrogens (primary N) is 1. The van der Waals surface area contributed by atoms with Gasteiger partial charge in [0, 0.05) is 12.2 Å². The van der Waals surface area contributed by atoms with Crippen molar-refractivity contribution in [2.45, 2.75) is 25.2 Å². The summed E-state index contributed by atoms with van der Waals surface area (Å²) in [5, 5.41) is 10.1. The predicted octanol–water partition coefficient (Wildman–Crippen LogP) is 3.45. The first-order valence-electron chi connectivity index (χ1n) is 12.6. The third-order valence-electron chi connectivity index (χ3n) is 6.79. The molecule has 9 heteroatoms. The van der Waals surface area contributed by atoms with E-state index in [0.717, 1.165) is 26.1 Å². The van der Waals surface area contributed by atoms with Crippen LogP contribution in [0.4, 0.5) is 5.69 Å². The molecule has 0 radical (unpaired) electrons. The molecule has 2 heterocycles. The summed E-state index contributed by atoms with van der Waals surface area (Å²) in [6.07, 6.45) is 3.44. The maximum atomic E-state index is 13.1. The molecule has 1 unspecified atom stereocenters. The second-order valence-corrected chi connectivity index (χ2v) is 9.08. The zero-order valence-corrected chi connectivity index (χ0v) is 21.7. The van der Waals surface area contributed by atoms with Gasteiger partial charge >= 0.3 is 11.9 Å². The fourth-order valence-electron chi connectivity index (χ4n) is 4.96. The summed E-state index contributed by atoms with van der Waals surface area (Å²) in [4.78, 5) is 30.0. The molecular weight excluding hydrogens is 484 g/mol. The highest BCUT2D eigenvalue weighted by Crippen LogP contribution is 2.43. The van der Waals surface area contributed by atoms with Gasteiger partial charge in [-0.3, -0.25) is 4.90 Å². The lowest BCUT2D eigenvalue weighted by Gasteiger charge is -2.35. The number of ether oxygens (including phenoxy) is 3. The first-order valence-corrected chi connectivity index (χ1v) is 12.6. The van der Waals surface area contributed by atoms with Gasteiger partial charge in [-0.25, -0.2) is 9.59 Å². The summed E-state index contributed by atoms with van der Waals surface area (Å²) in [7, 11) is 2.44. The highest BCUT2D eigenvalue weighted by Gasteiger charge is 2.42. The van der Waals surface area contributed by atoms with Crippen LogP contribution in [0.1, 0.15) is 30.7 Å². The summed E-state index contributed by atoms with van der Waals surface area (Å²) in [5.41, 5.74) is 7.59. The molecule has 198 valence electrons. The van der Waals surface area contributed by atoms with Gasteiger partial charge in [-0.05, 0) is 62.2 Å². The van der Waals surface area contributed by atoms with Gasteiger partial charge in [0.15, 0.2) is 0 Å². The van der Waals surface area contributed by atoms with E-state index in [-0.39, 0.29) is 22.7 Å². The monoisotopic (exact) mass is 516 g/mol. The third kappa shape index (κ3) is 5.50. The number of nitrogens with zero attached hydrogens (tertiary/aromatic N) is 3. The van der Waals surface area contributed by atoms with Gasteiger partial charge in [0.1, 0.15) is 17.3 Å². The standard InChI is InChI=1S/C29H32N4O5/c1-36-28(34)25-24(20-9-4-3-5-10-20)23(19-30)27(31)33(26(25)29(35)37-2)21-11-13-22(14-12-21)38-18-8-17-32-15-6-7-16-32/h3-5,9-14,24H,6-8,15-18,31H2,1-2H3. The zero-order valence-electron chi connectivity index (χ0n) is 21.7. The van der Waals surface area contributed by atoms with E-state index < -0.39 is 17.9 Å². The molecule has 0 aromatic heterocycles. The van der Waals surface area contributed by atoms with E-state index >= 15 is 0 Å². The van der Waals surface area contributed by atoms with Crippen LogP contribution in [0.15, 0.2) is 77.3 Å². The minimum Gasteiger partial charge on any atom is -0.494 e. The molecule has 1 saturated heterocycles. The predicted molar refractivity (Wildman–Crippen MR) is 142 cm³/mol. The number of benzene rings is 2. The van der Waals surface area contributed by atoms with E-state index in [1.165, 1.54) is 32.0 Å². The van der Waals surface area contributed by atoms with Gasteiger partial charge in [-0.15, -0.1) is 0 Å². The van der Waals surface area contributed by atoms with Gasteiger partial charge in [-0.2, -0.15) is 5.26 Å². The van der Waals surface area contributed by atoms with E-state index in [4.69, 9.17) is 19.9 Å². The molecule has 0 aliphatic carbocycles. The number of rotatable bonds is 9. The van der Waals surface area contributed by atoms with Crippen molar-refractivity contribution in [3.8, 4) is 11.8 Å². The SMILES string of the molecule is COC(=O)C1=C(C(=O)OC)N(c2ccc(OCCCN3CCCC3)cc2)C(N)=C(C#N)C1c1ccccc1. The summed E-state index contributed by atoms with van der Waals surface area (Å²) in [6.45, 7) is 3.90. The Morgan fingerprint density at radius 2 is 1.66 bits per heavy atom. The van der Waals surface area contributed by atoms with Crippen LogP contribution in [0.3, 0.4) is 0 Å². The normalized spacial score (nSPS) is 17.8. The molecule has 38 heavy (non-hydrogen) atoms. The maximum absolute atomic E-state index is 13.1. The van der Waals surface area contributed by atoms with Gasteiger partial charge in [0.2, 0.25) is 0 Å². The number of carbonyl (C=O) groups is 2. The average Bonchev–Trinajstić information content (AvgIpc) is 3.48. The molecule has 1 fully saturated rings. The van der Waals surface area contributed by atoms with E-state index in [1.807, 2.05) is 6.07 Å². The largest absolute Gasteiger partial charge is 0.494 e. The van der Waals surface area contributed by atoms with E-state index in [1.54, 1.807) is 48.5 Å². The third-order valence-corrected chi connectivity index (χ3v) is 6.79. The molecule has 0 saturated carbocycles. The fraction of sp³-hybridized carbons (Fsp3) is 0.345. The van der Waals surface area contributed by atoms with Crippen LogP contribution in [-0.2, 0) is 19.1 Å². The topological polar surface area (TPSA) is 118 Å². The molecule has 2 aliphatic heterocycles. The van der Waals surface area contributed by atoms with Crippen molar-refractivity contribution in [2.75, 3.05) is 45.4 Å². The molecule has 9 nitrogen and oxygen atoms in total. The number of anilines is 1. The number of hydrogen-bond donors (Lipinski definition) is 1. The van der Waals surface area contributed by atoms with Crippen molar-refractivity contribution >= 4 is 17.6 Å². The van der Waals surface area contributed by atoms with Crippen molar-refractivity contribution in [2.24, 2.45) is 5.73 Å². The summed E-state index contributed by atoms with van der Waals surface area (Å²) in [6, 6.07) is 18.0. The number of carbonyl (C=O) groups excluding carboxylic acids is 2. The second kappa shape index (κ2) is 12.3. The van der Waals surface area contributed by atoms with Crippen LogP contribution in [-0.4, -0.2) is 57.3 Å².